The van der Waals surface area contributed by atoms with Crippen molar-refractivity contribution in [1.82, 2.24) is 24.4 Å². The minimum atomic E-state index is -0.639. The standard InChI is InChI=1S/C25H35N5O5/c1-15(2)14-29-21-17(12-16-8-10-28(11-9-16)24(34)35-25(3,4)5)13-26-30(21)23(33)19(22(29)32)20(31)27-18-6-7-18/h12-13,15,18,32H,6-11,14H2,1-5H3,(H,27,31). The number of likely N-dealkylation sites (tertiary alicyclic amines) is 1. The average molecular weight is 486 g/mol. The third kappa shape index (κ3) is 5.52. The van der Waals surface area contributed by atoms with Crippen LogP contribution in [-0.2, 0) is 11.3 Å². The van der Waals surface area contributed by atoms with Gasteiger partial charge in [0, 0.05) is 31.2 Å². The van der Waals surface area contributed by atoms with Crippen LogP contribution < -0.4 is 10.9 Å². The van der Waals surface area contributed by atoms with Crippen LogP contribution in [0.3, 0.4) is 0 Å². The van der Waals surface area contributed by atoms with Gasteiger partial charge in [0.1, 0.15) is 11.2 Å². The number of nitrogens with one attached hydrogen (secondary N) is 1. The van der Waals surface area contributed by atoms with Crippen molar-refractivity contribution in [3.63, 3.8) is 0 Å². The lowest BCUT2D eigenvalue weighted by Gasteiger charge is -2.31. The first kappa shape index (κ1) is 24.8. The highest BCUT2D eigenvalue weighted by molar-refractivity contribution is 5.96. The maximum atomic E-state index is 13.2. The summed E-state index contributed by atoms with van der Waals surface area (Å²) < 4.78 is 8.27. The molecule has 2 aliphatic rings. The highest BCUT2D eigenvalue weighted by Gasteiger charge is 2.30. The summed E-state index contributed by atoms with van der Waals surface area (Å²) in [5.74, 6) is -0.757. The number of nitrogens with zero attached hydrogens (tertiary/aromatic N) is 4. The Morgan fingerprint density at radius 1 is 1.26 bits per heavy atom. The van der Waals surface area contributed by atoms with Gasteiger partial charge in [-0.1, -0.05) is 25.5 Å². The third-order valence-electron chi connectivity index (χ3n) is 6.02. The van der Waals surface area contributed by atoms with Crippen LogP contribution in [0.1, 0.15) is 76.2 Å². The topological polar surface area (TPSA) is 118 Å². The summed E-state index contributed by atoms with van der Waals surface area (Å²) in [5.41, 5.74) is 0.788. The van der Waals surface area contributed by atoms with Gasteiger partial charge in [-0.15, -0.1) is 0 Å². The molecule has 0 unspecified atom stereocenters. The van der Waals surface area contributed by atoms with Gasteiger partial charge >= 0.3 is 6.09 Å². The van der Waals surface area contributed by atoms with Crippen LogP contribution in [-0.4, -0.2) is 60.9 Å². The van der Waals surface area contributed by atoms with Crippen molar-refractivity contribution in [2.45, 2.75) is 78.5 Å². The predicted molar refractivity (Wildman–Crippen MR) is 131 cm³/mol. The quantitative estimate of drug-likeness (QED) is 0.672. The van der Waals surface area contributed by atoms with Gasteiger partial charge in [0.15, 0.2) is 5.56 Å². The number of fused-ring (bicyclic) bond motifs is 1. The fraction of sp³-hybridized carbons (Fsp3) is 0.600. The Morgan fingerprint density at radius 2 is 1.91 bits per heavy atom. The first-order valence-electron chi connectivity index (χ1n) is 12.3. The van der Waals surface area contributed by atoms with Crippen LogP contribution in [0.2, 0.25) is 0 Å². The molecule has 1 aliphatic heterocycles. The molecule has 1 saturated carbocycles. The summed E-state index contributed by atoms with van der Waals surface area (Å²) in [7, 11) is 0. The molecule has 2 aromatic heterocycles. The lowest BCUT2D eigenvalue weighted by molar-refractivity contribution is 0.0236. The van der Waals surface area contributed by atoms with Crippen molar-refractivity contribution in [3.05, 3.63) is 33.3 Å². The smallest absolute Gasteiger partial charge is 0.410 e. The molecule has 0 radical (unpaired) electrons. The zero-order chi connectivity index (χ0) is 25.5. The first-order chi connectivity index (χ1) is 16.4. The summed E-state index contributed by atoms with van der Waals surface area (Å²) in [5, 5.41) is 18.1. The van der Waals surface area contributed by atoms with Crippen LogP contribution in [0, 0.1) is 5.92 Å². The summed E-state index contributed by atoms with van der Waals surface area (Å²) in [6.45, 7) is 11.0. The number of piperidine rings is 1. The van der Waals surface area contributed by atoms with E-state index in [1.54, 1.807) is 15.7 Å². The Bertz CT molecular complexity index is 1220. The number of carbonyl (C=O) groups excluding carboxylic acids is 2. The van der Waals surface area contributed by atoms with E-state index in [1.807, 2.05) is 40.7 Å². The van der Waals surface area contributed by atoms with Gasteiger partial charge in [-0.2, -0.15) is 9.61 Å². The predicted octanol–water partition coefficient (Wildman–Crippen LogP) is 3.16. The van der Waals surface area contributed by atoms with Crippen molar-refractivity contribution >= 4 is 23.7 Å². The SMILES string of the molecule is CC(C)Cn1c(O)c(C(=O)NC2CC2)c(=O)n2ncc(C=C3CCN(C(=O)OC(C)(C)C)CC3)c12. The number of hydrogen-bond donors (Lipinski definition) is 2. The van der Waals surface area contributed by atoms with E-state index in [1.165, 1.54) is 4.52 Å². The summed E-state index contributed by atoms with van der Waals surface area (Å²) in [6, 6.07) is 0.0556. The molecule has 2 aromatic rings. The molecule has 0 atom stereocenters. The Labute approximate surface area is 204 Å². The molecule has 0 bridgehead atoms. The second-order valence-corrected chi connectivity index (χ2v) is 10.9. The summed E-state index contributed by atoms with van der Waals surface area (Å²) >= 11 is 0. The van der Waals surface area contributed by atoms with Crippen LogP contribution >= 0.6 is 0 Å². The Kier molecular flexibility index (Phi) is 6.66. The molecule has 3 heterocycles. The van der Waals surface area contributed by atoms with Crippen molar-refractivity contribution in [1.29, 1.82) is 0 Å². The fourth-order valence-corrected chi connectivity index (χ4v) is 4.20. The van der Waals surface area contributed by atoms with Gasteiger partial charge in [-0.25, -0.2) is 4.79 Å². The molecule has 0 spiro atoms. The summed E-state index contributed by atoms with van der Waals surface area (Å²) in [6.07, 6.45) is 6.31. The molecule has 4 rings (SSSR count). The van der Waals surface area contributed by atoms with E-state index in [-0.39, 0.29) is 29.5 Å². The van der Waals surface area contributed by atoms with Crippen molar-refractivity contribution < 1.29 is 19.4 Å². The molecule has 1 saturated heterocycles. The molecule has 10 nitrogen and oxygen atoms in total. The number of aromatic hydroxyl groups is 1. The normalized spacial score (nSPS) is 16.6. The van der Waals surface area contributed by atoms with Crippen molar-refractivity contribution in [3.8, 4) is 5.88 Å². The van der Waals surface area contributed by atoms with Gasteiger partial charge in [0.05, 0.1) is 6.20 Å². The Morgan fingerprint density at radius 3 is 2.49 bits per heavy atom. The monoisotopic (exact) mass is 485 g/mol. The minimum absolute atomic E-state index is 0.0556. The summed E-state index contributed by atoms with van der Waals surface area (Å²) in [4.78, 5) is 40.0. The Balaban J connectivity index is 1.65. The third-order valence-corrected chi connectivity index (χ3v) is 6.02. The molecular weight excluding hydrogens is 450 g/mol. The molecule has 2 amide bonds. The number of amides is 2. The molecule has 0 aromatic carbocycles. The van der Waals surface area contributed by atoms with Gasteiger partial charge in [0.25, 0.3) is 11.5 Å². The van der Waals surface area contributed by atoms with Crippen LogP contribution in [0.25, 0.3) is 11.7 Å². The van der Waals surface area contributed by atoms with Gasteiger partial charge < -0.3 is 20.1 Å². The van der Waals surface area contributed by atoms with Crippen molar-refractivity contribution in [2.75, 3.05) is 13.1 Å². The van der Waals surface area contributed by atoms with Crippen molar-refractivity contribution in [2.24, 2.45) is 5.92 Å². The average Bonchev–Trinajstić information content (AvgIpc) is 3.47. The molecule has 2 N–H and O–H groups in total. The zero-order valence-corrected chi connectivity index (χ0v) is 21.1. The van der Waals surface area contributed by atoms with E-state index < -0.39 is 17.1 Å². The van der Waals surface area contributed by atoms with E-state index in [0.717, 1.165) is 18.4 Å². The molecule has 190 valence electrons. The maximum Gasteiger partial charge on any atom is 0.410 e. The van der Waals surface area contributed by atoms with Crippen LogP contribution in [0.5, 0.6) is 5.88 Å². The number of carbonyl (C=O) groups is 2. The van der Waals surface area contributed by atoms with E-state index in [4.69, 9.17) is 4.74 Å². The minimum Gasteiger partial charge on any atom is -0.494 e. The largest absolute Gasteiger partial charge is 0.494 e. The number of rotatable bonds is 5. The van der Waals surface area contributed by atoms with Gasteiger partial charge in [0.2, 0.25) is 5.88 Å². The van der Waals surface area contributed by atoms with Crippen LogP contribution in [0.4, 0.5) is 4.79 Å². The highest BCUT2D eigenvalue weighted by atomic mass is 16.6. The van der Waals surface area contributed by atoms with E-state index in [9.17, 15) is 19.5 Å². The highest BCUT2D eigenvalue weighted by Crippen LogP contribution is 2.27. The number of hydrogen-bond acceptors (Lipinski definition) is 6. The van der Waals surface area contributed by atoms with E-state index >= 15 is 0 Å². The van der Waals surface area contributed by atoms with Gasteiger partial charge in [-0.05, 0) is 52.4 Å². The zero-order valence-electron chi connectivity index (χ0n) is 21.1. The second-order valence-electron chi connectivity index (χ2n) is 10.9. The van der Waals surface area contributed by atoms with E-state index in [2.05, 4.69) is 10.4 Å². The molecule has 1 aliphatic carbocycles. The Hall–Kier alpha value is -3.30. The lowest BCUT2D eigenvalue weighted by atomic mass is 10.0. The first-order valence-corrected chi connectivity index (χ1v) is 12.3. The fourth-order valence-electron chi connectivity index (χ4n) is 4.20. The molecule has 35 heavy (non-hydrogen) atoms. The van der Waals surface area contributed by atoms with Crippen LogP contribution in [0.15, 0.2) is 16.6 Å². The molecule has 10 heteroatoms. The second kappa shape index (κ2) is 9.39. The van der Waals surface area contributed by atoms with E-state index in [0.29, 0.717) is 43.7 Å². The molecule has 2 fully saturated rings. The lowest BCUT2D eigenvalue weighted by Crippen LogP contribution is -2.40. The van der Waals surface area contributed by atoms with Gasteiger partial charge in [-0.3, -0.25) is 14.2 Å². The maximum absolute atomic E-state index is 13.2. The molecular formula is C25H35N5O5. The number of ether oxygens (including phenoxy) is 1. The number of aromatic nitrogens is 3.